The van der Waals surface area contributed by atoms with Gasteiger partial charge in [0.1, 0.15) is 5.45 Å². The zero-order chi connectivity index (χ0) is 21.3. The summed E-state index contributed by atoms with van der Waals surface area (Å²) in [5, 5.41) is 5.04. The van der Waals surface area contributed by atoms with Gasteiger partial charge in [-0.1, -0.05) is 104 Å². The fraction of sp³-hybridized carbons (Fsp3) is 0.0714. The average Bonchev–Trinajstić information content (AvgIpc) is 2.82. The maximum absolute atomic E-state index is 4.62. The molecule has 0 radical (unpaired) electrons. The van der Waals surface area contributed by atoms with Crippen LogP contribution < -0.4 is 5.45 Å². The van der Waals surface area contributed by atoms with Crippen LogP contribution in [0.1, 0.15) is 11.1 Å². The molecule has 4 aromatic carbocycles. The molecule has 150 valence electrons. The molecule has 2 nitrogen and oxygen atoms in total. The van der Waals surface area contributed by atoms with E-state index in [-0.39, 0.29) is 0 Å². The Hall–Kier alpha value is -3.56. The molecule has 0 amide bonds. The molecular formula is C28H24N2Si. The van der Waals surface area contributed by atoms with E-state index in [2.05, 4.69) is 114 Å². The third-order valence-corrected chi connectivity index (χ3v) is 8.23. The highest BCUT2D eigenvalue weighted by molar-refractivity contribution is 6.93. The molecule has 5 rings (SSSR count). The molecule has 0 aliphatic carbocycles. The highest BCUT2D eigenvalue weighted by Gasteiger charge is 2.26. The Labute approximate surface area is 183 Å². The van der Waals surface area contributed by atoms with Crippen LogP contribution in [0.4, 0.5) is 0 Å². The quantitative estimate of drug-likeness (QED) is 0.318. The zero-order valence-corrected chi connectivity index (χ0v) is 18.8. The molecule has 0 aliphatic heterocycles. The van der Waals surface area contributed by atoms with E-state index in [4.69, 9.17) is 0 Å². The largest absolute Gasteiger partial charge is 0.246 e. The zero-order valence-electron chi connectivity index (χ0n) is 17.8. The van der Waals surface area contributed by atoms with Crippen molar-refractivity contribution in [2.24, 2.45) is 0 Å². The standard InChI is InChI=1S/C28H24N2Si/c1-31(2,28-29-18-9-19-30-28)20-27(25-16-7-12-21-10-3-5-14-23(21)25)26-17-8-13-22-11-4-6-15-24(22)26/h3-20H,1-2H3. The summed E-state index contributed by atoms with van der Waals surface area (Å²) in [5.41, 5.74) is 7.19. The van der Waals surface area contributed by atoms with Gasteiger partial charge in [0.2, 0.25) is 0 Å². The Morgan fingerprint density at radius 2 is 1.10 bits per heavy atom. The van der Waals surface area contributed by atoms with E-state index in [0.717, 1.165) is 5.45 Å². The fourth-order valence-electron chi connectivity index (χ4n) is 4.28. The van der Waals surface area contributed by atoms with Gasteiger partial charge in [-0.2, -0.15) is 0 Å². The minimum atomic E-state index is -2.07. The second-order valence-electron chi connectivity index (χ2n) is 8.41. The number of benzene rings is 4. The number of aromatic nitrogens is 2. The van der Waals surface area contributed by atoms with Gasteiger partial charge in [-0.05, 0) is 44.3 Å². The molecule has 0 bridgehead atoms. The van der Waals surface area contributed by atoms with E-state index in [1.807, 2.05) is 18.5 Å². The van der Waals surface area contributed by atoms with Crippen molar-refractivity contribution >= 4 is 40.6 Å². The lowest BCUT2D eigenvalue weighted by molar-refractivity contribution is 1.22. The fourth-order valence-corrected chi connectivity index (χ4v) is 6.25. The first-order chi connectivity index (χ1) is 15.1. The molecule has 0 spiro atoms. The van der Waals surface area contributed by atoms with E-state index in [1.54, 1.807) is 0 Å². The van der Waals surface area contributed by atoms with Gasteiger partial charge in [0.15, 0.2) is 8.07 Å². The molecule has 0 unspecified atom stereocenters. The first kappa shape index (κ1) is 19.4. The summed E-state index contributed by atoms with van der Waals surface area (Å²) in [6.07, 6.45) is 3.70. The Balaban J connectivity index is 1.83. The molecule has 1 heterocycles. The van der Waals surface area contributed by atoms with E-state index >= 15 is 0 Å². The first-order valence-corrected chi connectivity index (χ1v) is 13.7. The number of fused-ring (bicyclic) bond motifs is 2. The third kappa shape index (κ3) is 3.69. The van der Waals surface area contributed by atoms with Crippen LogP contribution >= 0.6 is 0 Å². The summed E-state index contributed by atoms with van der Waals surface area (Å²) in [5.74, 6) is 0. The van der Waals surface area contributed by atoms with E-state index in [0.29, 0.717) is 0 Å². The molecule has 0 fully saturated rings. The van der Waals surface area contributed by atoms with Crippen molar-refractivity contribution in [2.45, 2.75) is 13.1 Å². The summed E-state index contributed by atoms with van der Waals surface area (Å²) in [4.78, 5) is 9.24. The molecule has 5 aromatic rings. The van der Waals surface area contributed by atoms with Crippen LogP contribution in [0, 0.1) is 0 Å². The van der Waals surface area contributed by atoms with Crippen LogP contribution in [-0.4, -0.2) is 18.0 Å². The summed E-state index contributed by atoms with van der Waals surface area (Å²) in [6, 6.07) is 32.3. The van der Waals surface area contributed by atoms with Crippen molar-refractivity contribution in [3.8, 4) is 0 Å². The van der Waals surface area contributed by atoms with Gasteiger partial charge >= 0.3 is 0 Å². The normalized spacial score (nSPS) is 11.5. The minimum absolute atomic E-state index is 0.952. The van der Waals surface area contributed by atoms with Gasteiger partial charge in [-0.15, -0.1) is 0 Å². The van der Waals surface area contributed by atoms with E-state index < -0.39 is 8.07 Å². The average molecular weight is 417 g/mol. The van der Waals surface area contributed by atoms with Gasteiger partial charge < -0.3 is 0 Å². The van der Waals surface area contributed by atoms with Crippen LogP contribution in [0.5, 0.6) is 0 Å². The summed E-state index contributed by atoms with van der Waals surface area (Å²) >= 11 is 0. The molecule has 0 atom stereocenters. The minimum Gasteiger partial charge on any atom is -0.246 e. The summed E-state index contributed by atoms with van der Waals surface area (Å²) in [7, 11) is -2.07. The van der Waals surface area contributed by atoms with Crippen LogP contribution in [0.3, 0.4) is 0 Å². The Morgan fingerprint density at radius 1 is 0.613 bits per heavy atom. The van der Waals surface area contributed by atoms with Crippen LogP contribution in [0.2, 0.25) is 13.1 Å². The number of hydrogen-bond donors (Lipinski definition) is 0. The maximum Gasteiger partial charge on any atom is 0.152 e. The Bertz CT molecular complexity index is 1310. The lowest BCUT2D eigenvalue weighted by Crippen LogP contribution is -2.44. The molecule has 0 aliphatic rings. The Kier molecular flexibility index (Phi) is 4.97. The molecule has 1 aromatic heterocycles. The topological polar surface area (TPSA) is 25.8 Å². The molecule has 3 heteroatoms. The second kappa shape index (κ2) is 7.93. The predicted octanol–water partition coefficient (Wildman–Crippen LogP) is 6.37. The number of nitrogens with zero attached hydrogens (tertiary/aromatic N) is 2. The van der Waals surface area contributed by atoms with Gasteiger partial charge in [-0.3, -0.25) is 0 Å². The maximum atomic E-state index is 4.62. The van der Waals surface area contributed by atoms with E-state index in [1.165, 1.54) is 38.2 Å². The highest BCUT2D eigenvalue weighted by atomic mass is 28.3. The number of hydrogen-bond acceptors (Lipinski definition) is 2. The predicted molar refractivity (Wildman–Crippen MR) is 134 cm³/mol. The van der Waals surface area contributed by atoms with Gasteiger partial charge in [0.05, 0.1) is 0 Å². The molecule has 31 heavy (non-hydrogen) atoms. The Morgan fingerprint density at radius 3 is 1.65 bits per heavy atom. The second-order valence-corrected chi connectivity index (χ2v) is 12.6. The smallest absolute Gasteiger partial charge is 0.152 e. The van der Waals surface area contributed by atoms with Crippen molar-refractivity contribution in [3.63, 3.8) is 0 Å². The summed E-state index contributed by atoms with van der Waals surface area (Å²) < 4.78 is 0. The highest BCUT2D eigenvalue weighted by Crippen LogP contribution is 2.35. The third-order valence-electron chi connectivity index (χ3n) is 5.81. The molecular weight excluding hydrogens is 392 g/mol. The van der Waals surface area contributed by atoms with Crippen molar-refractivity contribution in [1.82, 2.24) is 9.97 Å². The molecule has 0 saturated heterocycles. The van der Waals surface area contributed by atoms with Gasteiger partial charge in [0.25, 0.3) is 0 Å². The monoisotopic (exact) mass is 416 g/mol. The first-order valence-electron chi connectivity index (χ1n) is 10.6. The van der Waals surface area contributed by atoms with Crippen molar-refractivity contribution < 1.29 is 0 Å². The molecule has 0 saturated carbocycles. The van der Waals surface area contributed by atoms with Gasteiger partial charge in [0, 0.05) is 12.4 Å². The SMILES string of the molecule is C[Si](C)(C=C(c1cccc2ccccc12)c1cccc2ccccc12)c1ncccn1. The van der Waals surface area contributed by atoms with Crippen LogP contribution in [-0.2, 0) is 0 Å². The van der Waals surface area contributed by atoms with Crippen molar-refractivity contribution in [1.29, 1.82) is 0 Å². The number of rotatable bonds is 4. The van der Waals surface area contributed by atoms with E-state index in [9.17, 15) is 0 Å². The van der Waals surface area contributed by atoms with Crippen molar-refractivity contribution in [2.75, 3.05) is 0 Å². The summed E-state index contributed by atoms with van der Waals surface area (Å²) in [6.45, 7) is 4.64. The van der Waals surface area contributed by atoms with Crippen LogP contribution in [0.25, 0.3) is 27.1 Å². The van der Waals surface area contributed by atoms with Gasteiger partial charge in [-0.25, -0.2) is 9.97 Å². The lowest BCUT2D eigenvalue weighted by Gasteiger charge is -2.21. The van der Waals surface area contributed by atoms with Crippen molar-refractivity contribution in [3.05, 3.63) is 120 Å². The van der Waals surface area contributed by atoms with Crippen LogP contribution in [0.15, 0.2) is 109 Å². The lowest BCUT2D eigenvalue weighted by atomic mass is 9.91. The molecule has 0 N–H and O–H groups in total.